The fourth-order valence-electron chi connectivity index (χ4n) is 2.76. The van der Waals surface area contributed by atoms with Gasteiger partial charge in [0.2, 0.25) is 0 Å². The molecule has 0 spiro atoms. The molecule has 3 rings (SSSR count). The molecule has 0 unspecified atom stereocenters. The molecule has 3 heteroatoms. The molecule has 0 aliphatic rings. The van der Waals surface area contributed by atoms with Crippen LogP contribution in [0.3, 0.4) is 0 Å². The van der Waals surface area contributed by atoms with Gasteiger partial charge in [-0.1, -0.05) is 48.5 Å². The predicted octanol–water partition coefficient (Wildman–Crippen LogP) is 3.95. The minimum atomic E-state index is -0.197. The van der Waals surface area contributed by atoms with Crippen LogP contribution in [0.4, 0.5) is 0 Å². The molecule has 1 aromatic heterocycles. The Balaban J connectivity index is 1.64. The van der Waals surface area contributed by atoms with Gasteiger partial charge < -0.3 is 4.74 Å². The van der Waals surface area contributed by atoms with Gasteiger partial charge in [-0.25, -0.2) is 0 Å². The topological polar surface area (TPSA) is 39.2 Å². The first-order valence-electron chi connectivity index (χ1n) is 7.77. The summed E-state index contributed by atoms with van der Waals surface area (Å²) in [6.45, 7) is 1.91. The van der Waals surface area contributed by atoms with Gasteiger partial charge >= 0.3 is 5.97 Å². The number of rotatable bonds is 5. The smallest absolute Gasteiger partial charge is 0.310 e. The highest BCUT2D eigenvalue weighted by molar-refractivity contribution is 5.88. The van der Waals surface area contributed by atoms with E-state index in [2.05, 4.69) is 17.1 Å². The number of nitrogens with zero attached hydrogens (tertiary/aromatic N) is 1. The minimum Gasteiger partial charge on any atom is -0.462 e. The molecule has 116 valence electrons. The van der Waals surface area contributed by atoms with Crippen LogP contribution in [-0.2, 0) is 22.4 Å². The van der Waals surface area contributed by atoms with Crippen LogP contribution in [0, 0.1) is 0 Å². The summed E-state index contributed by atoms with van der Waals surface area (Å²) in [6, 6.07) is 18.0. The molecule has 1 atom stereocenters. The largest absolute Gasteiger partial charge is 0.462 e. The zero-order chi connectivity index (χ0) is 16.1. The minimum absolute atomic E-state index is 0.165. The molecule has 0 saturated heterocycles. The summed E-state index contributed by atoms with van der Waals surface area (Å²) in [5.74, 6) is -0.197. The van der Waals surface area contributed by atoms with Crippen LogP contribution in [-0.4, -0.2) is 17.1 Å². The molecule has 3 nitrogen and oxygen atoms in total. The van der Waals surface area contributed by atoms with E-state index in [-0.39, 0.29) is 12.1 Å². The van der Waals surface area contributed by atoms with Crippen LogP contribution in [0.15, 0.2) is 67.0 Å². The molecule has 0 aliphatic heterocycles. The van der Waals surface area contributed by atoms with Crippen molar-refractivity contribution in [2.45, 2.75) is 25.9 Å². The van der Waals surface area contributed by atoms with Gasteiger partial charge in [0.1, 0.15) is 6.10 Å². The van der Waals surface area contributed by atoms with E-state index in [1.54, 1.807) is 12.4 Å². The Morgan fingerprint density at radius 3 is 2.74 bits per heavy atom. The lowest BCUT2D eigenvalue weighted by atomic mass is 10.0. The van der Waals surface area contributed by atoms with Crippen LogP contribution in [0.25, 0.3) is 10.8 Å². The summed E-state index contributed by atoms with van der Waals surface area (Å²) in [4.78, 5) is 16.3. The zero-order valence-corrected chi connectivity index (χ0v) is 13.1. The Hall–Kier alpha value is -2.68. The molecule has 0 aliphatic carbocycles. The van der Waals surface area contributed by atoms with Gasteiger partial charge in [0.05, 0.1) is 6.42 Å². The maximum atomic E-state index is 12.2. The summed E-state index contributed by atoms with van der Waals surface area (Å²) < 4.78 is 5.54. The standard InChI is InChI=1S/C20H19NO2/c1-15(12-16-6-5-11-21-14-16)23-20(22)13-18-9-4-8-17-7-2-3-10-19(17)18/h2-11,14-15H,12-13H2,1H3/t15-/m1/s1. The highest BCUT2D eigenvalue weighted by Crippen LogP contribution is 2.19. The number of esters is 1. The molecule has 23 heavy (non-hydrogen) atoms. The number of pyridine rings is 1. The zero-order valence-electron chi connectivity index (χ0n) is 13.1. The average molecular weight is 305 g/mol. The molecule has 2 aromatic carbocycles. The van der Waals surface area contributed by atoms with Gasteiger partial charge in [0.25, 0.3) is 0 Å². The first-order valence-corrected chi connectivity index (χ1v) is 7.77. The maximum absolute atomic E-state index is 12.2. The number of hydrogen-bond donors (Lipinski definition) is 0. The number of ether oxygens (including phenoxy) is 1. The SMILES string of the molecule is C[C@H](Cc1cccnc1)OC(=O)Cc1cccc2ccccc12. The van der Waals surface area contributed by atoms with Crippen molar-refractivity contribution in [3.63, 3.8) is 0 Å². The second-order valence-electron chi connectivity index (χ2n) is 5.68. The summed E-state index contributed by atoms with van der Waals surface area (Å²) in [5, 5.41) is 2.24. The lowest BCUT2D eigenvalue weighted by Crippen LogP contribution is -2.19. The third-order valence-electron chi connectivity index (χ3n) is 3.79. The molecule has 0 bridgehead atoms. The molecule has 0 saturated carbocycles. The van der Waals surface area contributed by atoms with E-state index in [0.717, 1.165) is 21.9 Å². The van der Waals surface area contributed by atoms with E-state index < -0.39 is 0 Å². The van der Waals surface area contributed by atoms with Crippen LogP contribution in [0.5, 0.6) is 0 Å². The Labute approximate surface area is 135 Å². The number of benzene rings is 2. The normalized spacial score (nSPS) is 12.0. The first kappa shape index (κ1) is 15.2. The third kappa shape index (κ3) is 3.95. The monoisotopic (exact) mass is 305 g/mol. The highest BCUT2D eigenvalue weighted by atomic mass is 16.5. The van der Waals surface area contributed by atoms with Crippen molar-refractivity contribution in [1.82, 2.24) is 4.98 Å². The summed E-state index contributed by atoms with van der Waals surface area (Å²) in [7, 11) is 0. The molecular formula is C20H19NO2. The van der Waals surface area contributed by atoms with Crippen molar-refractivity contribution in [3.05, 3.63) is 78.1 Å². The Bertz CT molecular complexity index is 794. The Kier molecular flexibility index (Phi) is 4.67. The van der Waals surface area contributed by atoms with Crippen molar-refractivity contribution in [3.8, 4) is 0 Å². The highest BCUT2D eigenvalue weighted by Gasteiger charge is 2.12. The summed E-state index contributed by atoms with van der Waals surface area (Å²) in [6.07, 6.45) is 4.34. The second kappa shape index (κ2) is 7.05. The molecule has 0 N–H and O–H groups in total. The summed E-state index contributed by atoms with van der Waals surface area (Å²) in [5.41, 5.74) is 2.07. The van der Waals surface area contributed by atoms with Crippen molar-refractivity contribution < 1.29 is 9.53 Å². The molecule has 3 aromatic rings. The summed E-state index contributed by atoms with van der Waals surface area (Å²) >= 11 is 0. The first-order chi connectivity index (χ1) is 11.2. The van der Waals surface area contributed by atoms with Crippen molar-refractivity contribution >= 4 is 16.7 Å². The van der Waals surface area contributed by atoms with Crippen LogP contribution in [0.1, 0.15) is 18.1 Å². The van der Waals surface area contributed by atoms with Gasteiger partial charge in [-0.3, -0.25) is 9.78 Å². The second-order valence-corrected chi connectivity index (χ2v) is 5.68. The molecule has 0 amide bonds. The third-order valence-corrected chi connectivity index (χ3v) is 3.79. The Morgan fingerprint density at radius 2 is 1.91 bits per heavy atom. The van der Waals surface area contributed by atoms with Gasteiger partial charge in [0.15, 0.2) is 0 Å². The lowest BCUT2D eigenvalue weighted by molar-refractivity contribution is -0.147. The van der Waals surface area contributed by atoms with E-state index in [1.807, 2.05) is 49.4 Å². The Morgan fingerprint density at radius 1 is 1.09 bits per heavy atom. The molecule has 0 fully saturated rings. The van der Waals surface area contributed by atoms with Crippen molar-refractivity contribution in [2.24, 2.45) is 0 Å². The molecular weight excluding hydrogens is 286 g/mol. The van der Waals surface area contributed by atoms with Gasteiger partial charge in [-0.05, 0) is 34.9 Å². The number of hydrogen-bond acceptors (Lipinski definition) is 3. The van der Waals surface area contributed by atoms with Crippen LogP contribution in [0.2, 0.25) is 0 Å². The van der Waals surface area contributed by atoms with Crippen molar-refractivity contribution in [1.29, 1.82) is 0 Å². The predicted molar refractivity (Wildman–Crippen MR) is 91.1 cm³/mol. The van der Waals surface area contributed by atoms with E-state index in [1.165, 1.54) is 0 Å². The number of carbonyl (C=O) groups is 1. The van der Waals surface area contributed by atoms with E-state index >= 15 is 0 Å². The van der Waals surface area contributed by atoms with Crippen molar-refractivity contribution in [2.75, 3.05) is 0 Å². The van der Waals surface area contributed by atoms with Crippen LogP contribution >= 0.6 is 0 Å². The fraction of sp³-hybridized carbons (Fsp3) is 0.200. The van der Waals surface area contributed by atoms with E-state index in [9.17, 15) is 4.79 Å². The average Bonchev–Trinajstić information content (AvgIpc) is 2.56. The van der Waals surface area contributed by atoms with Gasteiger partial charge in [0, 0.05) is 18.8 Å². The number of fused-ring (bicyclic) bond motifs is 1. The molecule has 1 heterocycles. The van der Waals surface area contributed by atoms with E-state index in [0.29, 0.717) is 12.8 Å². The molecule has 0 radical (unpaired) electrons. The number of aromatic nitrogens is 1. The fourth-order valence-corrected chi connectivity index (χ4v) is 2.76. The number of carbonyl (C=O) groups excluding carboxylic acids is 1. The maximum Gasteiger partial charge on any atom is 0.310 e. The lowest BCUT2D eigenvalue weighted by Gasteiger charge is -2.14. The van der Waals surface area contributed by atoms with Crippen LogP contribution < -0.4 is 0 Å². The van der Waals surface area contributed by atoms with Gasteiger partial charge in [-0.15, -0.1) is 0 Å². The van der Waals surface area contributed by atoms with Gasteiger partial charge in [-0.2, -0.15) is 0 Å². The quantitative estimate of drug-likeness (QED) is 0.670. The van der Waals surface area contributed by atoms with E-state index in [4.69, 9.17) is 4.74 Å².